The summed E-state index contributed by atoms with van der Waals surface area (Å²) in [4.78, 5) is 0. The molecule has 0 spiro atoms. The van der Waals surface area contributed by atoms with Crippen LogP contribution in [-0.2, 0) is 4.74 Å². The lowest BCUT2D eigenvalue weighted by Gasteiger charge is -2.11. The van der Waals surface area contributed by atoms with E-state index in [1.54, 1.807) is 0 Å². The summed E-state index contributed by atoms with van der Waals surface area (Å²) in [5.41, 5.74) is 0. The number of ether oxygens (including phenoxy) is 1. The van der Waals surface area contributed by atoms with E-state index in [1.165, 1.54) is 0 Å². The first-order valence-corrected chi connectivity index (χ1v) is 4.50. The van der Waals surface area contributed by atoms with Crippen LogP contribution in [0.2, 0.25) is 0 Å². The molecule has 0 aromatic heterocycles. The molecule has 0 amide bonds. The summed E-state index contributed by atoms with van der Waals surface area (Å²) in [5.74, 6) is 0. The van der Waals surface area contributed by atoms with E-state index in [1.807, 2.05) is 0 Å². The summed E-state index contributed by atoms with van der Waals surface area (Å²) in [6.07, 6.45) is 6.68. The van der Waals surface area contributed by atoms with Crippen molar-refractivity contribution in [3.8, 4) is 0 Å². The lowest BCUT2D eigenvalue weighted by Crippen LogP contribution is -2.29. The Morgan fingerprint density at radius 2 is 2.08 bits per heavy atom. The highest BCUT2D eigenvalue weighted by Gasteiger charge is 2.07. The Bertz CT molecular complexity index is 128. The molecule has 0 heterocycles. The van der Waals surface area contributed by atoms with E-state index in [0.29, 0.717) is 19.3 Å². The Morgan fingerprint density at radius 3 is 2.75 bits per heavy atom. The summed E-state index contributed by atoms with van der Waals surface area (Å²) >= 11 is 0. The Labute approximate surface area is 73.4 Å². The van der Waals surface area contributed by atoms with Crippen LogP contribution in [0, 0.1) is 0 Å². The molecule has 0 bridgehead atoms. The summed E-state index contributed by atoms with van der Waals surface area (Å²) < 4.78 is 5.11. The summed E-state index contributed by atoms with van der Waals surface area (Å²) in [5, 5.41) is 11.8. The maximum atomic E-state index is 8.42. The topological polar surface area (TPSA) is 41.5 Å². The first kappa shape index (κ1) is 9.71. The average molecular weight is 171 g/mol. The Kier molecular flexibility index (Phi) is 4.99. The van der Waals surface area contributed by atoms with E-state index < -0.39 is 0 Å². The number of rotatable bonds is 6. The minimum absolute atomic E-state index is 0.116. The monoisotopic (exact) mass is 171 g/mol. The molecule has 70 valence electrons. The highest BCUT2D eigenvalue weighted by atomic mass is 16.5. The number of hydrogen-bond donors (Lipinski definition) is 2. The van der Waals surface area contributed by atoms with Gasteiger partial charge in [-0.2, -0.15) is 0 Å². The molecule has 0 aromatic rings. The van der Waals surface area contributed by atoms with Crippen LogP contribution in [0.25, 0.3) is 0 Å². The van der Waals surface area contributed by atoms with Crippen molar-refractivity contribution < 1.29 is 9.84 Å². The molecule has 0 atom stereocenters. The smallest absolute Gasteiger partial charge is 0.0698 e. The van der Waals surface area contributed by atoms with Gasteiger partial charge >= 0.3 is 0 Å². The quantitative estimate of drug-likeness (QED) is 0.446. The molecule has 1 aliphatic rings. The molecule has 3 nitrogen and oxygen atoms in total. The molecule has 1 aliphatic carbocycles. The predicted molar refractivity (Wildman–Crippen MR) is 48.1 cm³/mol. The van der Waals surface area contributed by atoms with Crippen LogP contribution in [0.5, 0.6) is 0 Å². The zero-order valence-corrected chi connectivity index (χ0v) is 7.33. The maximum Gasteiger partial charge on any atom is 0.0698 e. The Hall–Kier alpha value is -0.380. The predicted octanol–water partition coefficient (Wildman–Crippen LogP) is 0.303. The zero-order chi connectivity index (χ0) is 8.65. The molecule has 0 saturated carbocycles. The average Bonchev–Trinajstić information content (AvgIpc) is 2.57. The summed E-state index contributed by atoms with van der Waals surface area (Å²) in [6.45, 7) is 2.14. The molecule has 12 heavy (non-hydrogen) atoms. The first-order chi connectivity index (χ1) is 5.93. The third kappa shape index (κ3) is 3.85. The number of aliphatic hydroxyl groups excluding tert-OH is 1. The molecule has 0 unspecified atom stereocenters. The van der Waals surface area contributed by atoms with Crippen LogP contribution in [-0.4, -0.2) is 37.5 Å². The summed E-state index contributed by atoms with van der Waals surface area (Å²) in [6, 6.07) is 0.614. The van der Waals surface area contributed by atoms with E-state index in [2.05, 4.69) is 17.5 Å². The van der Waals surface area contributed by atoms with Crippen molar-refractivity contribution in [2.45, 2.75) is 18.9 Å². The summed E-state index contributed by atoms with van der Waals surface area (Å²) in [7, 11) is 0. The normalized spacial score (nSPS) is 17.4. The Balaban J connectivity index is 1.82. The molecular weight excluding hydrogens is 154 g/mol. The van der Waals surface area contributed by atoms with Gasteiger partial charge in [-0.1, -0.05) is 12.2 Å². The second-order valence-corrected chi connectivity index (χ2v) is 2.93. The van der Waals surface area contributed by atoms with Gasteiger partial charge in [-0.15, -0.1) is 0 Å². The molecule has 0 radical (unpaired) electrons. The van der Waals surface area contributed by atoms with Crippen molar-refractivity contribution in [2.75, 3.05) is 26.4 Å². The van der Waals surface area contributed by atoms with Gasteiger partial charge in [0, 0.05) is 12.6 Å². The molecule has 0 fully saturated rings. The molecule has 0 aromatic carbocycles. The minimum Gasteiger partial charge on any atom is -0.394 e. The highest BCUT2D eigenvalue weighted by molar-refractivity contribution is 4.97. The van der Waals surface area contributed by atoms with Crippen LogP contribution in [0.15, 0.2) is 12.2 Å². The van der Waals surface area contributed by atoms with Gasteiger partial charge in [0.05, 0.1) is 19.8 Å². The van der Waals surface area contributed by atoms with E-state index in [0.717, 1.165) is 19.4 Å². The lowest BCUT2D eigenvalue weighted by atomic mass is 10.2. The fraction of sp³-hybridized carbons (Fsp3) is 0.778. The van der Waals surface area contributed by atoms with Crippen molar-refractivity contribution in [3.63, 3.8) is 0 Å². The molecule has 3 heteroatoms. The highest BCUT2D eigenvalue weighted by Crippen LogP contribution is 2.08. The standard InChI is InChI=1S/C9H17NO2/c11-6-8-12-7-5-10-9-3-1-2-4-9/h1-2,9-11H,3-8H2. The minimum atomic E-state index is 0.116. The van der Waals surface area contributed by atoms with Crippen molar-refractivity contribution in [3.05, 3.63) is 12.2 Å². The zero-order valence-electron chi connectivity index (χ0n) is 7.33. The SMILES string of the molecule is OCCOCCNC1CC=CC1. The number of nitrogens with one attached hydrogen (secondary N) is 1. The van der Waals surface area contributed by atoms with Gasteiger partial charge < -0.3 is 15.2 Å². The molecule has 0 aliphatic heterocycles. The number of hydrogen-bond acceptors (Lipinski definition) is 3. The van der Waals surface area contributed by atoms with Crippen LogP contribution < -0.4 is 5.32 Å². The lowest BCUT2D eigenvalue weighted by molar-refractivity contribution is 0.0927. The van der Waals surface area contributed by atoms with Gasteiger partial charge in [0.25, 0.3) is 0 Å². The third-order valence-corrected chi connectivity index (χ3v) is 1.92. The van der Waals surface area contributed by atoms with Gasteiger partial charge in [0.2, 0.25) is 0 Å². The van der Waals surface area contributed by atoms with E-state index in [9.17, 15) is 0 Å². The maximum absolute atomic E-state index is 8.42. The van der Waals surface area contributed by atoms with E-state index in [4.69, 9.17) is 9.84 Å². The van der Waals surface area contributed by atoms with Crippen molar-refractivity contribution in [1.29, 1.82) is 0 Å². The molecule has 1 rings (SSSR count). The largest absolute Gasteiger partial charge is 0.394 e. The Morgan fingerprint density at radius 1 is 1.33 bits per heavy atom. The molecule has 0 saturated heterocycles. The third-order valence-electron chi connectivity index (χ3n) is 1.92. The van der Waals surface area contributed by atoms with Crippen molar-refractivity contribution >= 4 is 0 Å². The van der Waals surface area contributed by atoms with Gasteiger partial charge in [-0.3, -0.25) is 0 Å². The van der Waals surface area contributed by atoms with Crippen LogP contribution in [0.4, 0.5) is 0 Å². The van der Waals surface area contributed by atoms with Crippen LogP contribution in [0.3, 0.4) is 0 Å². The van der Waals surface area contributed by atoms with Gasteiger partial charge in [0.1, 0.15) is 0 Å². The van der Waals surface area contributed by atoms with E-state index in [-0.39, 0.29) is 6.61 Å². The van der Waals surface area contributed by atoms with E-state index >= 15 is 0 Å². The molecular formula is C9H17NO2. The molecule has 2 N–H and O–H groups in total. The fourth-order valence-corrected chi connectivity index (χ4v) is 1.29. The van der Waals surface area contributed by atoms with Crippen LogP contribution in [0.1, 0.15) is 12.8 Å². The second kappa shape index (κ2) is 6.17. The fourth-order valence-electron chi connectivity index (χ4n) is 1.29. The van der Waals surface area contributed by atoms with Gasteiger partial charge in [0.15, 0.2) is 0 Å². The first-order valence-electron chi connectivity index (χ1n) is 4.50. The van der Waals surface area contributed by atoms with Crippen molar-refractivity contribution in [1.82, 2.24) is 5.32 Å². The number of aliphatic hydroxyl groups is 1. The van der Waals surface area contributed by atoms with Gasteiger partial charge in [-0.05, 0) is 12.8 Å². The second-order valence-electron chi connectivity index (χ2n) is 2.93. The van der Waals surface area contributed by atoms with Gasteiger partial charge in [-0.25, -0.2) is 0 Å². The van der Waals surface area contributed by atoms with Crippen molar-refractivity contribution in [2.24, 2.45) is 0 Å². The van der Waals surface area contributed by atoms with Crippen LogP contribution >= 0.6 is 0 Å².